The Morgan fingerprint density at radius 1 is 1.08 bits per heavy atom. The molecule has 0 fully saturated rings. The van der Waals surface area contributed by atoms with Crippen molar-refractivity contribution in [2.24, 2.45) is 0 Å². The van der Waals surface area contributed by atoms with Crippen LogP contribution in [0.25, 0.3) is 22.2 Å². The molecule has 5 nitrogen and oxygen atoms in total. The molecule has 0 saturated heterocycles. The molecule has 6 heteroatoms. The molecule has 118 valence electrons. The molecule has 0 unspecified atom stereocenters. The molecule has 4 aromatic rings. The third kappa shape index (κ3) is 2.76. The Labute approximate surface area is 145 Å². The fraction of sp³-hybridized carbons (Fsp3) is 0.0556. The van der Waals surface area contributed by atoms with Crippen LogP contribution in [0.3, 0.4) is 0 Å². The van der Waals surface area contributed by atoms with E-state index in [-0.39, 0.29) is 5.56 Å². The molecule has 0 N–H and O–H groups in total. The first-order chi connectivity index (χ1) is 11.7. The Morgan fingerprint density at radius 3 is 2.75 bits per heavy atom. The predicted molar refractivity (Wildman–Crippen MR) is 94.7 cm³/mol. The first-order valence-electron chi connectivity index (χ1n) is 7.36. The molecular formula is C18H12BrN3O2. The lowest BCUT2D eigenvalue weighted by Crippen LogP contribution is -2.21. The van der Waals surface area contributed by atoms with Crippen molar-refractivity contribution in [3.63, 3.8) is 0 Å². The standard InChI is InChI=1S/C18H12BrN3O2/c19-13-6-7-16-15(8-13)18(23)22(11-20-16)10-14-9-17(24-21-14)12-4-2-1-3-5-12/h1-9,11H,10H2. The van der Waals surface area contributed by atoms with Crippen LogP contribution in [0.5, 0.6) is 0 Å². The highest BCUT2D eigenvalue weighted by Crippen LogP contribution is 2.20. The van der Waals surface area contributed by atoms with E-state index in [4.69, 9.17) is 4.52 Å². The molecule has 0 amide bonds. The maximum atomic E-state index is 12.6. The highest BCUT2D eigenvalue weighted by molar-refractivity contribution is 9.10. The summed E-state index contributed by atoms with van der Waals surface area (Å²) in [5.74, 6) is 0.676. The van der Waals surface area contributed by atoms with Crippen LogP contribution in [0.1, 0.15) is 5.69 Å². The molecule has 0 aliphatic heterocycles. The van der Waals surface area contributed by atoms with Gasteiger partial charge in [-0.25, -0.2) is 4.98 Å². The van der Waals surface area contributed by atoms with Crippen LogP contribution in [0, 0.1) is 0 Å². The van der Waals surface area contributed by atoms with Crippen molar-refractivity contribution in [2.75, 3.05) is 0 Å². The quantitative estimate of drug-likeness (QED) is 0.540. The topological polar surface area (TPSA) is 60.9 Å². The number of hydrogen-bond donors (Lipinski definition) is 0. The molecular weight excluding hydrogens is 370 g/mol. The van der Waals surface area contributed by atoms with Crippen LogP contribution in [0.15, 0.2) is 74.7 Å². The molecule has 0 aliphatic rings. The summed E-state index contributed by atoms with van der Waals surface area (Å²) in [7, 11) is 0. The lowest BCUT2D eigenvalue weighted by molar-refractivity contribution is 0.420. The van der Waals surface area contributed by atoms with Gasteiger partial charge in [0.2, 0.25) is 0 Å². The van der Waals surface area contributed by atoms with E-state index >= 15 is 0 Å². The molecule has 0 spiro atoms. The highest BCUT2D eigenvalue weighted by atomic mass is 79.9. The van der Waals surface area contributed by atoms with Crippen LogP contribution in [-0.4, -0.2) is 14.7 Å². The van der Waals surface area contributed by atoms with Crippen LogP contribution in [-0.2, 0) is 6.54 Å². The minimum Gasteiger partial charge on any atom is -0.356 e. The minimum absolute atomic E-state index is 0.106. The molecule has 0 bridgehead atoms. The summed E-state index contributed by atoms with van der Waals surface area (Å²) in [6, 6.07) is 17.0. The third-order valence-electron chi connectivity index (χ3n) is 3.74. The van der Waals surface area contributed by atoms with Gasteiger partial charge >= 0.3 is 0 Å². The zero-order valence-corrected chi connectivity index (χ0v) is 14.1. The number of hydrogen-bond acceptors (Lipinski definition) is 4. The summed E-state index contributed by atoms with van der Waals surface area (Å²) < 4.78 is 7.75. The van der Waals surface area contributed by atoms with Gasteiger partial charge in [-0.1, -0.05) is 51.4 Å². The van der Waals surface area contributed by atoms with E-state index in [9.17, 15) is 4.79 Å². The molecule has 2 aromatic carbocycles. The highest BCUT2D eigenvalue weighted by Gasteiger charge is 2.10. The molecule has 0 aliphatic carbocycles. The SMILES string of the molecule is O=c1c2cc(Br)ccc2ncn1Cc1cc(-c2ccccc2)on1. The monoisotopic (exact) mass is 381 g/mol. The fourth-order valence-corrected chi connectivity index (χ4v) is 2.90. The lowest BCUT2D eigenvalue weighted by Gasteiger charge is -2.04. The summed E-state index contributed by atoms with van der Waals surface area (Å²) in [6.45, 7) is 0.310. The van der Waals surface area contributed by atoms with Crippen molar-refractivity contribution in [1.29, 1.82) is 0 Å². The van der Waals surface area contributed by atoms with E-state index in [1.165, 1.54) is 10.9 Å². The maximum absolute atomic E-state index is 12.6. The van der Waals surface area contributed by atoms with Gasteiger partial charge in [0.05, 0.1) is 23.8 Å². The molecule has 0 saturated carbocycles. The van der Waals surface area contributed by atoms with Gasteiger partial charge in [-0.05, 0) is 18.2 Å². The lowest BCUT2D eigenvalue weighted by atomic mass is 10.1. The number of fused-ring (bicyclic) bond motifs is 1. The third-order valence-corrected chi connectivity index (χ3v) is 4.23. The smallest absolute Gasteiger partial charge is 0.261 e. The van der Waals surface area contributed by atoms with Crippen molar-refractivity contribution >= 4 is 26.8 Å². The summed E-state index contributed by atoms with van der Waals surface area (Å²) in [5.41, 5.74) is 2.19. The van der Waals surface area contributed by atoms with Crippen molar-refractivity contribution < 1.29 is 4.52 Å². The molecule has 2 heterocycles. The largest absolute Gasteiger partial charge is 0.356 e. The van der Waals surface area contributed by atoms with Crippen molar-refractivity contribution in [3.05, 3.63) is 81.4 Å². The van der Waals surface area contributed by atoms with Gasteiger partial charge in [0, 0.05) is 16.1 Å². The molecule has 0 radical (unpaired) electrons. The molecule has 4 rings (SSSR count). The Bertz CT molecular complexity index is 1070. The Kier molecular flexibility index (Phi) is 3.74. The van der Waals surface area contributed by atoms with E-state index in [0.29, 0.717) is 28.9 Å². The van der Waals surface area contributed by atoms with E-state index in [2.05, 4.69) is 26.1 Å². The molecule has 2 aromatic heterocycles. The van der Waals surface area contributed by atoms with E-state index < -0.39 is 0 Å². The first-order valence-corrected chi connectivity index (χ1v) is 8.16. The van der Waals surface area contributed by atoms with Gasteiger partial charge < -0.3 is 4.52 Å². The van der Waals surface area contributed by atoms with E-state index in [1.54, 1.807) is 6.07 Å². The number of nitrogens with zero attached hydrogens (tertiary/aromatic N) is 3. The normalized spacial score (nSPS) is 11.0. The number of aromatic nitrogens is 3. The number of rotatable bonds is 3. The summed E-state index contributed by atoms with van der Waals surface area (Å²) in [5, 5.41) is 4.62. The van der Waals surface area contributed by atoms with Gasteiger partial charge in [0.25, 0.3) is 5.56 Å². The van der Waals surface area contributed by atoms with Crippen LogP contribution >= 0.6 is 15.9 Å². The van der Waals surface area contributed by atoms with Crippen molar-refractivity contribution in [1.82, 2.24) is 14.7 Å². The van der Waals surface area contributed by atoms with E-state index in [1.807, 2.05) is 48.5 Å². The average Bonchev–Trinajstić information content (AvgIpc) is 3.07. The summed E-state index contributed by atoms with van der Waals surface area (Å²) in [4.78, 5) is 16.9. The van der Waals surface area contributed by atoms with Gasteiger partial charge in [-0.2, -0.15) is 0 Å². The second kappa shape index (κ2) is 6.05. The van der Waals surface area contributed by atoms with E-state index in [0.717, 1.165) is 10.0 Å². The number of halogens is 1. The van der Waals surface area contributed by atoms with Crippen LogP contribution in [0.4, 0.5) is 0 Å². The Morgan fingerprint density at radius 2 is 1.92 bits per heavy atom. The first kappa shape index (κ1) is 14.8. The second-order valence-electron chi connectivity index (χ2n) is 5.39. The van der Waals surface area contributed by atoms with Gasteiger partial charge in [0.15, 0.2) is 5.76 Å². The van der Waals surface area contributed by atoms with Gasteiger partial charge in [-0.15, -0.1) is 0 Å². The van der Waals surface area contributed by atoms with Crippen molar-refractivity contribution in [2.45, 2.75) is 6.54 Å². The van der Waals surface area contributed by atoms with Crippen LogP contribution in [0.2, 0.25) is 0 Å². The fourth-order valence-electron chi connectivity index (χ4n) is 2.54. The maximum Gasteiger partial charge on any atom is 0.261 e. The number of benzene rings is 2. The molecule has 24 heavy (non-hydrogen) atoms. The van der Waals surface area contributed by atoms with Gasteiger partial charge in [0.1, 0.15) is 5.69 Å². The predicted octanol–water partition coefficient (Wildman–Crippen LogP) is 3.86. The Balaban J connectivity index is 1.69. The zero-order valence-electron chi connectivity index (χ0n) is 12.5. The summed E-state index contributed by atoms with van der Waals surface area (Å²) in [6.07, 6.45) is 1.54. The zero-order chi connectivity index (χ0) is 16.5. The van der Waals surface area contributed by atoms with Gasteiger partial charge in [-0.3, -0.25) is 9.36 Å². The summed E-state index contributed by atoms with van der Waals surface area (Å²) >= 11 is 3.38. The van der Waals surface area contributed by atoms with Crippen LogP contribution < -0.4 is 5.56 Å². The minimum atomic E-state index is -0.106. The average molecular weight is 382 g/mol. The second-order valence-corrected chi connectivity index (χ2v) is 6.30. The van der Waals surface area contributed by atoms with Crippen molar-refractivity contribution in [3.8, 4) is 11.3 Å². The Hall–Kier alpha value is -2.73. The molecule has 0 atom stereocenters.